The van der Waals surface area contributed by atoms with Crippen molar-refractivity contribution in [3.63, 3.8) is 0 Å². The topological polar surface area (TPSA) is 35.2 Å². The molecule has 0 aliphatic carbocycles. The minimum absolute atomic E-state index is 0.0144. The first-order valence-corrected chi connectivity index (χ1v) is 5.10. The summed E-state index contributed by atoms with van der Waals surface area (Å²) in [5.74, 6) is 4.48. The number of halogens is 4. The first-order chi connectivity index (χ1) is 8.40. The van der Waals surface area contributed by atoms with Gasteiger partial charge in [-0.2, -0.15) is 13.2 Å². The normalized spacial score (nSPS) is 10.7. The summed E-state index contributed by atoms with van der Waals surface area (Å²) in [6.07, 6.45) is -5.39. The monoisotopic (exact) mass is 261 g/mol. The van der Waals surface area contributed by atoms with Crippen LogP contribution >= 0.6 is 0 Å². The number of rotatable bonds is 3. The Labute approximate surface area is 102 Å². The molecule has 0 unspecified atom stereocenters. The average Bonchev–Trinajstić information content (AvgIpc) is 2.24. The summed E-state index contributed by atoms with van der Waals surface area (Å²) < 4.78 is 53.6. The highest BCUT2D eigenvalue weighted by Gasteiger charge is 2.26. The van der Waals surface area contributed by atoms with E-state index in [4.69, 9.17) is 10.5 Å². The Kier molecular flexibility index (Phi) is 4.98. The summed E-state index contributed by atoms with van der Waals surface area (Å²) in [6, 6.07) is 3.52. The Morgan fingerprint density at radius 1 is 1.22 bits per heavy atom. The molecule has 0 saturated heterocycles. The van der Waals surface area contributed by atoms with Crippen LogP contribution in [-0.2, 0) is 0 Å². The van der Waals surface area contributed by atoms with Crippen LogP contribution in [0.4, 0.5) is 17.6 Å². The van der Waals surface area contributed by atoms with Crippen molar-refractivity contribution in [2.45, 2.75) is 12.6 Å². The van der Waals surface area contributed by atoms with Gasteiger partial charge >= 0.3 is 6.18 Å². The van der Waals surface area contributed by atoms with Crippen LogP contribution in [0, 0.1) is 17.7 Å². The van der Waals surface area contributed by atoms with Gasteiger partial charge in [0, 0.05) is 11.6 Å². The minimum atomic E-state index is -4.30. The van der Waals surface area contributed by atoms with E-state index in [0.29, 0.717) is 5.56 Å². The molecule has 0 aliphatic heterocycles. The molecule has 0 aliphatic rings. The smallest absolute Gasteiger partial charge is 0.392 e. The van der Waals surface area contributed by atoms with Crippen molar-refractivity contribution in [3.8, 4) is 17.6 Å². The third-order valence-corrected chi connectivity index (χ3v) is 1.86. The van der Waals surface area contributed by atoms with E-state index in [1.165, 1.54) is 6.07 Å². The minimum Gasteiger partial charge on any atom is -0.493 e. The van der Waals surface area contributed by atoms with Crippen molar-refractivity contribution in [1.29, 1.82) is 0 Å². The Balaban J connectivity index is 2.68. The number of benzene rings is 1. The molecule has 2 N–H and O–H groups in total. The first kappa shape index (κ1) is 14.3. The summed E-state index contributed by atoms with van der Waals surface area (Å²) in [5.41, 5.74) is 5.46. The Morgan fingerprint density at radius 2 is 1.94 bits per heavy atom. The average molecular weight is 261 g/mol. The summed E-state index contributed by atoms with van der Waals surface area (Å²) in [4.78, 5) is 0. The second-order valence-corrected chi connectivity index (χ2v) is 3.40. The lowest BCUT2D eigenvalue weighted by Crippen LogP contribution is -2.13. The van der Waals surface area contributed by atoms with E-state index in [1.807, 2.05) is 0 Å². The highest BCUT2D eigenvalue weighted by molar-refractivity contribution is 5.40. The van der Waals surface area contributed by atoms with Crippen molar-refractivity contribution >= 4 is 0 Å². The lowest BCUT2D eigenvalue weighted by atomic mass is 10.2. The van der Waals surface area contributed by atoms with Crippen LogP contribution in [0.2, 0.25) is 0 Å². The Morgan fingerprint density at radius 3 is 2.56 bits per heavy atom. The van der Waals surface area contributed by atoms with E-state index in [9.17, 15) is 17.6 Å². The maximum atomic E-state index is 13.1. The number of hydrogen-bond acceptors (Lipinski definition) is 2. The number of nitrogens with two attached hydrogens (primary N) is 1. The van der Waals surface area contributed by atoms with Crippen molar-refractivity contribution in [3.05, 3.63) is 29.6 Å². The lowest BCUT2D eigenvalue weighted by molar-refractivity contribution is -0.139. The molecule has 0 spiro atoms. The van der Waals surface area contributed by atoms with Gasteiger partial charge in [0.1, 0.15) is 11.6 Å². The van der Waals surface area contributed by atoms with Crippen molar-refractivity contribution in [2.24, 2.45) is 5.73 Å². The fraction of sp³-hybridized carbons (Fsp3) is 0.333. The van der Waals surface area contributed by atoms with E-state index in [1.54, 1.807) is 0 Å². The van der Waals surface area contributed by atoms with Crippen molar-refractivity contribution in [2.75, 3.05) is 13.2 Å². The zero-order valence-electron chi connectivity index (χ0n) is 9.35. The quantitative estimate of drug-likeness (QED) is 0.670. The number of alkyl halides is 3. The van der Waals surface area contributed by atoms with Crippen LogP contribution < -0.4 is 10.5 Å². The molecule has 2 nitrogen and oxygen atoms in total. The molecule has 6 heteroatoms. The molecule has 98 valence electrons. The molecule has 1 aromatic carbocycles. The van der Waals surface area contributed by atoms with E-state index in [-0.39, 0.29) is 12.3 Å². The lowest BCUT2D eigenvalue weighted by Gasteiger charge is -2.09. The second-order valence-electron chi connectivity index (χ2n) is 3.40. The third-order valence-electron chi connectivity index (χ3n) is 1.86. The van der Waals surface area contributed by atoms with Gasteiger partial charge in [0.05, 0.1) is 19.6 Å². The fourth-order valence-electron chi connectivity index (χ4n) is 1.16. The standard InChI is InChI=1S/C12H11F4NO/c13-10-6-9(2-1-4-17)7-11(8-10)18-5-3-12(14,15)16/h6-8H,3-5,17H2. The Bertz CT molecular complexity index is 459. The van der Waals surface area contributed by atoms with Gasteiger partial charge in [0.2, 0.25) is 0 Å². The zero-order chi connectivity index (χ0) is 13.6. The molecule has 0 amide bonds. The SMILES string of the molecule is NCC#Cc1cc(F)cc(OCCC(F)(F)F)c1. The highest BCUT2D eigenvalue weighted by atomic mass is 19.4. The summed E-state index contributed by atoms with van der Waals surface area (Å²) >= 11 is 0. The van der Waals surface area contributed by atoms with Crippen LogP contribution in [-0.4, -0.2) is 19.3 Å². The molecule has 0 saturated carbocycles. The molecule has 0 heterocycles. The van der Waals surface area contributed by atoms with Gasteiger partial charge in [-0.3, -0.25) is 0 Å². The van der Waals surface area contributed by atoms with Crippen molar-refractivity contribution in [1.82, 2.24) is 0 Å². The number of ether oxygens (including phenoxy) is 1. The predicted molar refractivity (Wildman–Crippen MR) is 58.5 cm³/mol. The largest absolute Gasteiger partial charge is 0.493 e. The summed E-state index contributed by atoms with van der Waals surface area (Å²) in [7, 11) is 0. The molecule has 0 radical (unpaired) electrons. The van der Waals surface area contributed by atoms with Gasteiger partial charge in [-0.1, -0.05) is 11.8 Å². The molecule has 18 heavy (non-hydrogen) atoms. The number of hydrogen-bond donors (Lipinski definition) is 1. The van der Waals surface area contributed by atoms with Gasteiger partial charge in [-0.05, 0) is 12.1 Å². The van der Waals surface area contributed by atoms with Gasteiger partial charge in [0.25, 0.3) is 0 Å². The van der Waals surface area contributed by atoms with E-state index in [2.05, 4.69) is 11.8 Å². The first-order valence-electron chi connectivity index (χ1n) is 5.10. The van der Waals surface area contributed by atoms with Crippen molar-refractivity contribution < 1.29 is 22.3 Å². The van der Waals surface area contributed by atoms with Crippen LogP contribution in [0.25, 0.3) is 0 Å². The van der Waals surface area contributed by atoms with E-state index >= 15 is 0 Å². The molecule has 0 fully saturated rings. The molecule has 1 aromatic rings. The predicted octanol–water partition coefficient (Wildman–Crippen LogP) is 2.47. The molecule has 0 aromatic heterocycles. The van der Waals surface area contributed by atoms with Gasteiger partial charge < -0.3 is 10.5 Å². The molecular weight excluding hydrogens is 250 g/mol. The van der Waals surface area contributed by atoms with Gasteiger partial charge in [0.15, 0.2) is 0 Å². The fourth-order valence-corrected chi connectivity index (χ4v) is 1.16. The summed E-state index contributed by atoms with van der Waals surface area (Å²) in [5, 5.41) is 0. The van der Waals surface area contributed by atoms with Crippen LogP contribution in [0.3, 0.4) is 0 Å². The second kappa shape index (κ2) is 6.26. The van der Waals surface area contributed by atoms with Crippen LogP contribution in [0.1, 0.15) is 12.0 Å². The zero-order valence-corrected chi connectivity index (χ0v) is 9.35. The third kappa shape index (κ3) is 5.55. The van der Waals surface area contributed by atoms with Crippen LogP contribution in [0.15, 0.2) is 18.2 Å². The van der Waals surface area contributed by atoms with E-state index in [0.717, 1.165) is 12.1 Å². The Hall–Kier alpha value is -1.74. The molecule has 0 bridgehead atoms. The molecule has 0 atom stereocenters. The van der Waals surface area contributed by atoms with E-state index < -0.39 is 25.0 Å². The summed E-state index contributed by atoms with van der Waals surface area (Å²) in [6.45, 7) is -0.447. The van der Waals surface area contributed by atoms with Gasteiger partial charge in [-0.25, -0.2) is 4.39 Å². The molecular formula is C12H11F4NO. The molecule has 1 rings (SSSR count). The van der Waals surface area contributed by atoms with Gasteiger partial charge in [-0.15, -0.1) is 0 Å². The van der Waals surface area contributed by atoms with Crippen LogP contribution in [0.5, 0.6) is 5.75 Å². The maximum absolute atomic E-state index is 13.1. The highest BCUT2D eigenvalue weighted by Crippen LogP contribution is 2.21. The maximum Gasteiger partial charge on any atom is 0.392 e.